The fourth-order valence-corrected chi connectivity index (χ4v) is 2.67. The Morgan fingerprint density at radius 2 is 1.50 bits per heavy atom. The van der Waals surface area contributed by atoms with E-state index in [0.29, 0.717) is 11.3 Å². The van der Waals surface area contributed by atoms with Crippen LogP contribution in [0.2, 0.25) is 0 Å². The predicted molar refractivity (Wildman–Crippen MR) is 106 cm³/mol. The van der Waals surface area contributed by atoms with Gasteiger partial charge in [-0.25, -0.2) is 4.39 Å². The van der Waals surface area contributed by atoms with Gasteiger partial charge in [0.1, 0.15) is 5.82 Å². The van der Waals surface area contributed by atoms with Crippen LogP contribution in [0.25, 0.3) is 0 Å². The molecule has 1 unspecified atom stereocenters. The number of anilines is 2. The van der Waals surface area contributed by atoms with Gasteiger partial charge in [0.2, 0.25) is 0 Å². The number of nitrogens with one attached hydrogen (secondary N) is 2. The van der Waals surface area contributed by atoms with Crippen LogP contribution >= 0.6 is 0 Å². The molecule has 2 N–H and O–H groups in total. The van der Waals surface area contributed by atoms with E-state index in [4.69, 9.17) is 0 Å². The maximum Gasteiger partial charge on any atom is 0.269 e. The number of nitro groups is 1. The minimum absolute atomic E-state index is 0.0386. The second-order valence-corrected chi connectivity index (χ2v) is 6.25. The highest BCUT2D eigenvalue weighted by Gasteiger charge is 2.09. The smallest absolute Gasteiger partial charge is 0.269 e. The lowest BCUT2D eigenvalue weighted by Crippen LogP contribution is -2.12. The molecule has 0 fully saturated rings. The summed E-state index contributed by atoms with van der Waals surface area (Å²) < 4.78 is 12.9. The SMILES string of the molecule is CC(Nc1ccc([N+](=O)[O-])cc1)c1ccc(NC(=O)c2ccc(F)cc2)cc1. The molecular formula is C21H18FN3O3. The normalized spacial score (nSPS) is 11.5. The first-order valence-corrected chi connectivity index (χ1v) is 8.60. The van der Waals surface area contributed by atoms with Crippen molar-refractivity contribution in [2.24, 2.45) is 0 Å². The van der Waals surface area contributed by atoms with Gasteiger partial charge in [0, 0.05) is 35.1 Å². The van der Waals surface area contributed by atoms with Crippen molar-refractivity contribution in [3.63, 3.8) is 0 Å². The van der Waals surface area contributed by atoms with Crippen molar-refractivity contribution >= 4 is 23.0 Å². The Morgan fingerprint density at radius 1 is 0.929 bits per heavy atom. The number of amides is 1. The molecule has 3 aromatic rings. The first kappa shape index (κ1) is 19.0. The Morgan fingerprint density at radius 3 is 2.07 bits per heavy atom. The molecule has 0 saturated heterocycles. The van der Waals surface area contributed by atoms with Crippen molar-refractivity contribution in [1.29, 1.82) is 0 Å². The monoisotopic (exact) mass is 379 g/mol. The number of carbonyl (C=O) groups excluding carboxylic acids is 1. The van der Waals surface area contributed by atoms with Gasteiger partial charge in [0.05, 0.1) is 4.92 Å². The lowest BCUT2D eigenvalue weighted by Gasteiger charge is -2.16. The molecular weight excluding hydrogens is 361 g/mol. The van der Waals surface area contributed by atoms with E-state index < -0.39 is 10.7 Å². The number of non-ortho nitro benzene ring substituents is 1. The van der Waals surface area contributed by atoms with Crippen molar-refractivity contribution in [3.05, 3.63) is 99.9 Å². The maximum absolute atomic E-state index is 12.9. The van der Waals surface area contributed by atoms with Crippen LogP contribution < -0.4 is 10.6 Å². The molecule has 0 aliphatic heterocycles. The van der Waals surface area contributed by atoms with Crippen LogP contribution in [-0.2, 0) is 0 Å². The Hall–Kier alpha value is -3.74. The van der Waals surface area contributed by atoms with E-state index in [-0.39, 0.29) is 17.6 Å². The molecule has 0 aromatic heterocycles. The molecule has 0 aliphatic rings. The number of halogens is 1. The van der Waals surface area contributed by atoms with Gasteiger partial charge in [-0.3, -0.25) is 14.9 Å². The lowest BCUT2D eigenvalue weighted by atomic mass is 10.1. The van der Waals surface area contributed by atoms with E-state index in [1.54, 1.807) is 24.3 Å². The summed E-state index contributed by atoms with van der Waals surface area (Å²) in [7, 11) is 0. The molecule has 3 rings (SSSR count). The third-order valence-corrected chi connectivity index (χ3v) is 4.24. The van der Waals surface area contributed by atoms with E-state index in [0.717, 1.165) is 11.3 Å². The number of benzene rings is 3. The summed E-state index contributed by atoms with van der Waals surface area (Å²) in [6.07, 6.45) is 0. The Balaban J connectivity index is 1.62. The van der Waals surface area contributed by atoms with Crippen LogP contribution in [0.3, 0.4) is 0 Å². The molecule has 28 heavy (non-hydrogen) atoms. The summed E-state index contributed by atoms with van der Waals surface area (Å²) in [5.74, 6) is -0.708. The number of carbonyl (C=O) groups is 1. The topological polar surface area (TPSA) is 84.3 Å². The Kier molecular flexibility index (Phi) is 5.64. The highest BCUT2D eigenvalue weighted by Crippen LogP contribution is 2.23. The molecule has 0 heterocycles. The number of nitro benzene ring substituents is 1. The van der Waals surface area contributed by atoms with Gasteiger partial charge in [0.15, 0.2) is 0 Å². The number of rotatable bonds is 6. The van der Waals surface area contributed by atoms with Gasteiger partial charge >= 0.3 is 0 Å². The van der Waals surface area contributed by atoms with Gasteiger partial charge in [-0.2, -0.15) is 0 Å². The predicted octanol–water partition coefficient (Wildman–Crippen LogP) is 5.16. The molecule has 0 radical (unpaired) electrons. The standard InChI is InChI=1S/C21H18FN3O3/c1-14(23-18-10-12-20(13-11-18)25(27)28)15-4-8-19(9-5-15)24-21(26)16-2-6-17(22)7-3-16/h2-14,23H,1H3,(H,24,26). The second-order valence-electron chi connectivity index (χ2n) is 6.25. The first-order valence-electron chi connectivity index (χ1n) is 8.60. The van der Waals surface area contributed by atoms with Gasteiger partial charge in [0.25, 0.3) is 11.6 Å². The van der Waals surface area contributed by atoms with E-state index in [1.165, 1.54) is 36.4 Å². The number of nitrogens with zero attached hydrogens (tertiary/aromatic N) is 1. The average Bonchev–Trinajstić information content (AvgIpc) is 2.69. The van der Waals surface area contributed by atoms with E-state index in [1.807, 2.05) is 19.1 Å². The van der Waals surface area contributed by atoms with Gasteiger partial charge in [-0.1, -0.05) is 12.1 Å². The quantitative estimate of drug-likeness (QED) is 0.458. The van der Waals surface area contributed by atoms with Crippen molar-refractivity contribution in [3.8, 4) is 0 Å². The minimum Gasteiger partial charge on any atom is -0.379 e. The molecule has 0 spiro atoms. The van der Waals surface area contributed by atoms with Crippen molar-refractivity contribution < 1.29 is 14.1 Å². The van der Waals surface area contributed by atoms with E-state index in [9.17, 15) is 19.3 Å². The molecule has 1 amide bonds. The first-order chi connectivity index (χ1) is 13.4. The molecule has 0 saturated carbocycles. The Labute approximate surface area is 161 Å². The van der Waals surface area contributed by atoms with Crippen LogP contribution in [0.15, 0.2) is 72.8 Å². The molecule has 142 valence electrons. The van der Waals surface area contributed by atoms with Crippen molar-refractivity contribution in [2.75, 3.05) is 10.6 Å². The molecule has 3 aromatic carbocycles. The highest BCUT2D eigenvalue weighted by molar-refractivity contribution is 6.04. The zero-order chi connectivity index (χ0) is 20.1. The molecule has 1 atom stereocenters. The second kappa shape index (κ2) is 8.30. The summed E-state index contributed by atoms with van der Waals surface area (Å²) in [6.45, 7) is 1.97. The number of hydrogen-bond donors (Lipinski definition) is 2. The fourth-order valence-electron chi connectivity index (χ4n) is 2.67. The van der Waals surface area contributed by atoms with Crippen LogP contribution in [0, 0.1) is 15.9 Å². The third-order valence-electron chi connectivity index (χ3n) is 4.24. The minimum atomic E-state index is -0.438. The van der Waals surface area contributed by atoms with E-state index in [2.05, 4.69) is 10.6 Å². The number of hydrogen-bond acceptors (Lipinski definition) is 4. The largest absolute Gasteiger partial charge is 0.379 e. The van der Waals surface area contributed by atoms with Crippen LogP contribution in [0.4, 0.5) is 21.5 Å². The third kappa shape index (κ3) is 4.70. The van der Waals surface area contributed by atoms with Crippen molar-refractivity contribution in [2.45, 2.75) is 13.0 Å². The van der Waals surface area contributed by atoms with Gasteiger partial charge in [-0.05, 0) is 61.0 Å². The van der Waals surface area contributed by atoms with Crippen molar-refractivity contribution in [1.82, 2.24) is 0 Å². The van der Waals surface area contributed by atoms with Gasteiger partial charge in [-0.15, -0.1) is 0 Å². The molecule has 6 nitrogen and oxygen atoms in total. The Bertz CT molecular complexity index is 971. The summed E-state index contributed by atoms with van der Waals surface area (Å²) >= 11 is 0. The summed E-state index contributed by atoms with van der Waals surface area (Å²) in [5.41, 5.74) is 2.80. The highest BCUT2D eigenvalue weighted by atomic mass is 19.1. The van der Waals surface area contributed by atoms with Crippen LogP contribution in [0.5, 0.6) is 0 Å². The molecule has 0 bridgehead atoms. The summed E-state index contributed by atoms with van der Waals surface area (Å²) in [5, 5.41) is 16.7. The zero-order valence-electron chi connectivity index (χ0n) is 15.1. The summed E-state index contributed by atoms with van der Waals surface area (Å²) in [6, 6.07) is 18.8. The van der Waals surface area contributed by atoms with E-state index >= 15 is 0 Å². The zero-order valence-corrected chi connectivity index (χ0v) is 15.1. The van der Waals surface area contributed by atoms with Gasteiger partial charge < -0.3 is 10.6 Å². The fraction of sp³-hybridized carbons (Fsp3) is 0.0952. The lowest BCUT2D eigenvalue weighted by molar-refractivity contribution is -0.384. The molecule has 0 aliphatic carbocycles. The summed E-state index contributed by atoms with van der Waals surface area (Å²) in [4.78, 5) is 22.4. The van der Waals surface area contributed by atoms with Crippen LogP contribution in [-0.4, -0.2) is 10.8 Å². The molecule has 7 heteroatoms. The van der Waals surface area contributed by atoms with Crippen LogP contribution in [0.1, 0.15) is 28.9 Å². The maximum atomic E-state index is 12.9. The average molecular weight is 379 g/mol.